The fraction of sp³-hybridized carbons (Fsp3) is 0.529. The second kappa shape index (κ2) is 7.08. The van der Waals surface area contributed by atoms with Crippen molar-refractivity contribution in [3.8, 4) is 0 Å². The Morgan fingerprint density at radius 2 is 2.28 bits per heavy atom. The molecular weight excluding hydrogens is 324 g/mol. The van der Waals surface area contributed by atoms with Gasteiger partial charge in [0, 0.05) is 19.5 Å². The maximum Gasteiger partial charge on any atom is 0.306 e. The maximum atomic E-state index is 12.7. The number of piperidine rings is 1. The third-order valence-corrected chi connectivity index (χ3v) is 4.66. The average molecular weight is 346 g/mol. The number of likely N-dealkylation sites (tertiary alicyclic amines) is 1. The SMILES string of the molecule is Cc1ccc([C@@H]2C[C@H](C)CCN2C(=O)CCn2cc([N+](=O)[O-])cn2)o1. The van der Waals surface area contributed by atoms with Gasteiger partial charge in [-0.3, -0.25) is 19.6 Å². The minimum Gasteiger partial charge on any atom is -0.464 e. The predicted octanol–water partition coefficient (Wildman–Crippen LogP) is 3.08. The average Bonchev–Trinajstić information content (AvgIpc) is 3.21. The van der Waals surface area contributed by atoms with Crippen LogP contribution in [0.4, 0.5) is 5.69 Å². The van der Waals surface area contributed by atoms with Gasteiger partial charge in [-0.1, -0.05) is 6.92 Å². The first-order chi connectivity index (χ1) is 11.9. The molecule has 1 fully saturated rings. The largest absolute Gasteiger partial charge is 0.464 e. The van der Waals surface area contributed by atoms with Crippen molar-refractivity contribution in [3.05, 3.63) is 46.2 Å². The van der Waals surface area contributed by atoms with Crippen molar-refractivity contribution in [1.82, 2.24) is 14.7 Å². The van der Waals surface area contributed by atoms with Crippen LogP contribution in [0.3, 0.4) is 0 Å². The van der Waals surface area contributed by atoms with Gasteiger partial charge in [0.2, 0.25) is 5.91 Å². The Morgan fingerprint density at radius 1 is 1.48 bits per heavy atom. The number of hydrogen-bond acceptors (Lipinski definition) is 5. The van der Waals surface area contributed by atoms with Crippen LogP contribution in [0.1, 0.15) is 43.7 Å². The molecule has 0 aromatic carbocycles. The third-order valence-electron chi connectivity index (χ3n) is 4.66. The highest BCUT2D eigenvalue weighted by Gasteiger charge is 2.32. The summed E-state index contributed by atoms with van der Waals surface area (Å²) in [6.45, 7) is 5.10. The van der Waals surface area contributed by atoms with E-state index in [0.29, 0.717) is 19.0 Å². The number of carbonyl (C=O) groups is 1. The number of rotatable bonds is 5. The molecule has 0 bridgehead atoms. The summed E-state index contributed by atoms with van der Waals surface area (Å²) in [5, 5.41) is 14.6. The third kappa shape index (κ3) is 3.89. The van der Waals surface area contributed by atoms with Gasteiger partial charge in [-0.25, -0.2) is 0 Å². The Hall–Kier alpha value is -2.64. The van der Waals surface area contributed by atoms with Gasteiger partial charge >= 0.3 is 5.69 Å². The minimum absolute atomic E-state index is 0.0177. The van der Waals surface area contributed by atoms with Crippen LogP contribution in [0.25, 0.3) is 0 Å². The summed E-state index contributed by atoms with van der Waals surface area (Å²) in [7, 11) is 0. The summed E-state index contributed by atoms with van der Waals surface area (Å²) in [4.78, 5) is 24.8. The normalized spacial score (nSPS) is 20.6. The summed E-state index contributed by atoms with van der Waals surface area (Å²) in [6, 6.07) is 3.81. The molecule has 134 valence electrons. The summed E-state index contributed by atoms with van der Waals surface area (Å²) in [5.41, 5.74) is -0.0665. The summed E-state index contributed by atoms with van der Waals surface area (Å²) in [6.07, 6.45) is 4.64. The van der Waals surface area contributed by atoms with Gasteiger partial charge in [-0.2, -0.15) is 5.10 Å². The lowest BCUT2D eigenvalue weighted by Gasteiger charge is -2.37. The van der Waals surface area contributed by atoms with E-state index in [4.69, 9.17) is 4.42 Å². The van der Waals surface area contributed by atoms with Gasteiger partial charge in [0.25, 0.3) is 0 Å². The van der Waals surface area contributed by atoms with Crippen molar-refractivity contribution in [2.24, 2.45) is 5.92 Å². The van der Waals surface area contributed by atoms with E-state index in [2.05, 4.69) is 12.0 Å². The molecular formula is C17H22N4O4. The Kier molecular flexibility index (Phi) is 4.87. The van der Waals surface area contributed by atoms with Gasteiger partial charge in [-0.05, 0) is 37.8 Å². The van der Waals surface area contributed by atoms with Gasteiger partial charge in [-0.15, -0.1) is 0 Å². The molecule has 8 nitrogen and oxygen atoms in total. The molecule has 0 aliphatic carbocycles. The van der Waals surface area contributed by atoms with Gasteiger partial charge in [0.05, 0.1) is 11.0 Å². The van der Waals surface area contributed by atoms with E-state index in [9.17, 15) is 14.9 Å². The molecule has 0 N–H and O–H groups in total. The molecule has 2 aromatic rings. The van der Waals surface area contributed by atoms with Gasteiger partial charge in [0.15, 0.2) is 0 Å². The molecule has 0 spiro atoms. The lowest BCUT2D eigenvalue weighted by molar-refractivity contribution is -0.385. The standard InChI is InChI=1S/C17H22N4O4/c1-12-5-8-20(15(9-12)16-4-3-13(2)25-16)17(22)6-7-19-11-14(10-18-19)21(23)24/h3-4,10-12,15H,5-9H2,1-2H3/t12-,15+/m1/s1. The molecule has 0 saturated carbocycles. The zero-order valence-electron chi connectivity index (χ0n) is 14.4. The number of furan rings is 1. The number of amides is 1. The molecule has 0 radical (unpaired) electrons. The van der Waals surface area contributed by atoms with Crippen LogP contribution in [0, 0.1) is 23.0 Å². The number of aryl methyl sites for hydroxylation is 2. The quantitative estimate of drug-likeness (QED) is 0.612. The second-order valence-corrected chi connectivity index (χ2v) is 6.65. The fourth-order valence-corrected chi connectivity index (χ4v) is 3.27. The zero-order valence-corrected chi connectivity index (χ0v) is 14.4. The smallest absolute Gasteiger partial charge is 0.306 e. The zero-order chi connectivity index (χ0) is 18.0. The Labute approximate surface area is 145 Å². The van der Waals surface area contributed by atoms with E-state index >= 15 is 0 Å². The first kappa shape index (κ1) is 17.2. The first-order valence-corrected chi connectivity index (χ1v) is 8.46. The highest BCUT2D eigenvalue weighted by molar-refractivity contribution is 5.76. The highest BCUT2D eigenvalue weighted by atomic mass is 16.6. The molecule has 1 aliphatic rings. The van der Waals surface area contributed by atoms with Crippen LogP contribution in [0.2, 0.25) is 0 Å². The Balaban J connectivity index is 1.67. The molecule has 3 rings (SSSR count). The van der Waals surface area contributed by atoms with E-state index in [1.54, 1.807) is 0 Å². The van der Waals surface area contributed by atoms with Gasteiger partial charge in [0.1, 0.15) is 23.9 Å². The molecule has 0 unspecified atom stereocenters. The minimum atomic E-state index is -0.493. The molecule has 1 aliphatic heterocycles. The Bertz CT molecular complexity index is 766. The van der Waals surface area contributed by atoms with Crippen LogP contribution in [-0.4, -0.2) is 32.1 Å². The summed E-state index contributed by atoms with van der Waals surface area (Å²) >= 11 is 0. The Morgan fingerprint density at radius 3 is 2.92 bits per heavy atom. The van der Waals surface area contributed by atoms with Crippen molar-refractivity contribution in [2.75, 3.05) is 6.54 Å². The van der Waals surface area contributed by atoms with Crippen LogP contribution < -0.4 is 0 Å². The fourth-order valence-electron chi connectivity index (χ4n) is 3.27. The van der Waals surface area contributed by atoms with Crippen molar-refractivity contribution in [3.63, 3.8) is 0 Å². The molecule has 3 heterocycles. The van der Waals surface area contributed by atoms with Crippen molar-refractivity contribution in [1.29, 1.82) is 0 Å². The maximum absolute atomic E-state index is 12.7. The van der Waals surface area contributed by atoms with Crippen molar-refractivity contribution >= 4 is 11.6 Å². The van der Waals surface area contributed by atoms with Crippen LogP contribution in [0.5, 0.6) is 0 Å². The second-order valence-electron chi connectivity index (χ2n) is 6.65. The number of carbonyl (C=O) groups excluding carboxylic acids is 1. The van der Waals surface area contributed by atoms with Crippen LogP contribution in [0.15, 0.2) is 28.9 Å². The van der Waals surface area contributed by atoms with Crippen molar-refractivity contribution < 1.29 is 14.1 Å². The molecule has 1 saturated heterocycles. The lowest BCUT2D eigenvalue weighted by atomic mass is 9.91. The van der Waals surface area contributed by atoms with Crippen LogP contribution >= 0.6 is 0 Å². The lowest BCUT2D eigenvalue weighted by Crippen LogP contribution is -2.40. The summed E-state index contributed by atoms with van der Waals surface area (Å²) in [5.74, 6) is 2.22. The predicted molar refractivity (Wildman–Crippen MR) is 89.8 cm³/mol. The molecule has 2 atom stereocenters. The topological polar surface area (TPSA) is 94.4 Å². The summed E-state index contributed by atoms with van der Waals surface area (Å²) < 4.78 is 7.20. The van der Waals surface area contributed by atoms with E-state index < -0.39 is 4.92 Å². The molecule has 2 aromatic heterocycles. The number of hydrogen-bond donors (Lipinski definition) is 0. The van der Waals surface area contributed by atoms with E-state index in [0.717, 1.165) is 24.4 Å². The molecule has 1 amide bonds. The number of nitro groups is 1. The van der Waals surface area contributed by atoms with Crippen LogP contribution in [-0.2, 0) is 11.3 Å². The van der Waals surface area contributed by atoms with E-state index in [-0.39, 0.29) is 24.1 Å². The number of nitrogens with zero attached hydrogens (tertiary/aromatic N) is 4. The highest BCUT2D eigenvalue weighted by Crippen LogP contribution is 2.35. The van der Waals surface area contributed by atoms with E-state index in [1.165, 1.54) is 17.1 Å². The first-order valence-electron chi connectivity index (χ1n) is 8.46. The number of aromatic nitrogens is 2. The van der Waals surface area contributed by atoms with Gasteiger partial charge < -0.3 is 9.32 Å². The van der Waals surface area contributed by atoms with Crippen molar-refractivity contribution in [2.45, 2.75) is 45.7 Å². The van der Waals surface area contributed by atoms with E-state index in [1.807, 2.05) is 24.0 Å². The molecule has 8 heteroatoms. The monoisotopic (exact) mass is 346 g/mol. The molecule has 25 heavy (non-hydrogen) atoms.